The number of aromatic carboxylic acids is 2. The van der Waals surface area contributed by atoms with E-state index in [1.165, 1.54) is 6.07 Å². The third-order valence-corrected chi connectivity index (χ3v) is 3.40. The molecule has 8 heteroatoms. The van der Waals surface area contributed by atoms with Crippen LogP contribution in [0.5, 0.6) is 0 Å². The number of carbonyl (C=O) groups is 2. The molecule has 0 bridgehead atoms. The predicted molar refractivity (Wildman–Crippen MR) is 68.6 cm³/mol. The van der Waals surface area contributed by atoms with E-state index in [1.807, 2.05) is 0 Å². The van der Waals surface area contributed by atoms with Crippen molar-refractivity contribution in [3.63, 3.8) is 0 Å². The molecule has 0 unspecified atom stereocenters. The minimum Gasteiger partial charge on any atom is -0.476 e. The second-order valence-electron chi connectivity index (χ2n) is 3.44. The second-order valence-corrected chi connectivity index (χ2v) is 4.70. The molecular weight excluding hydrogens is 341 g/mol. The van der Waals surface area contributed by atoms with Crippen molar-refractivity contribution < 1.29 is 24.2 Å². The van der Waals surface area contributed by atoms with Crippen molar-refractivity contribution in [2.24, 2.45) is 0 Å². The van der Waals surface area contributed by atoms with Crippen LogP contribution < -0.4 is 0 Å². The van der Waals surface area contributed by atoms with Gasteiger partial charge in [0.15, 0.2) is 0 Å². The van der Waals surface area contributed by atoms with Gasteiger partial charge in [-0.15, -0.1) is 0 Å². The van der Waals surface area contributed by atoms with Crippen LogP contribution in [-0.4, -0.2) is 27.1 Å². The summed E-state index contributed by atoms with van der Waals surface area (Å²) in [5.74, 6) is -3.79. The number of halogens is 2. The molecule has 1 aromatic heterocycles. The number of carboxylic acid groups (broad SMARTS) is 2. The highest BCUT2D eigenvalue weighted by Crippen LogP contribution is 2.29. The van der Waals surface area contributed by atoms with Crippen molar-refractivity contribution >= 4 is 39.5 Å². The summed E-state index contributed by atoms with van der Waals surface area (Å²) in [6.07, 6.45) is 0. The van der Waals surface area contributed by atoms with Gasteiger partial charge in [-0.2, -0.15) is 0 Å². The van der Waals surface area contributed by atoms with E-state index in [0.717, 1.165) is 0 Å². The highest BCUT2D eigenvalue weighted by Gasteiger charge is 2.25. The molecule has 0 aliphatic rings. The van der Waals surface area contributed by atoms with Crippen LogP contribution in [0.1, 0.15) is 21.0 Å². The Bertz CT molecular complexity index is 650. The largest absolute Gasteiger partial charge is 0.476 e. The number of hydrogen-bond donors (Lipinski definition) is 2. The summed E-state index contributed by atoms with van der Waals surface area (Å²) in [4.78, 5) is 25.4. The fourth-order valence-electron chi connectivity index (χ4n) is 1.36. The maximum Gasteiger partial charge on any atom is 0.374 e. The average molecular weight is 347 g/mol. The summed E-state index contributed by atoms with van der Waals surface area (Å²) in [6.45, 7) is 0. The van der Waals surface area contributed by atoms with Crippen molar-refractivity contribution in [2.75, 3.05) is 0 Å². The molecule has 0 saturated heterocycles. The third kappa shape index (κ3) is 2.61. The van der Waals surface area contributed by atoms with Crippen LogP contribution in [-0.2, 0) is 0 Å². The van der Waals surface area contributed by atoms with E-state index < -0.39 is 23.4 Å². The zero-order valence-electron chi connectivity index (χ0n) is 9.05. The Morgan fingerprint density at radius 3 is 2.42 bits per heavy atom. The van der Waals surface area contributed by atoms with Crippen LogP contribution in [0.2, 0.25) is 5.02 Å². The number of hydrogen-bond acceptors (Lipinski definition) is 4. The number of aromatic nitrogens is 1. The molecule has 0 spiro atoms. The first-order chi connectivity index (χ1) is 8.90. The SMILES string of the molecule is O=C(O)c1nc(-c2ccc(Cl)c(Br)c2)oc1C(=O)O. The van der Waals surface area contributed by atoms with Crippen molar-refractivity contribution in [3.05, 3.63) is 39.1 Å². The number of rotatable bonds is 3. The van der Waals surface area contributed by atoms with Gasteiger partial charge in [-0.05, 0) is 34.1 Å². The maximum absolute atomic E-state index is 10.9. The van der Waals surface area contributed by atoms with Gasteiger partial charge in [0.1, 0.15) is 0 Å². The van der Waals surface area contributed by atoms with Crippen LogP contribution >= 0.6 is 27.5 Å². The van der Waals surface area contributed by atoms with E-state index in [-0.39, 0.29) is 5.89 Å². The highest BCUT2D eigenvalue weighted by atomic mass is 79.9. The normalized spacial score (nSPS) is 10.4. The molecule has 0 aliphatic heterocycles. The van der Waals surface area contributed by atoms with Crippen LogP contribution in [0.15, 0.2) is 27.1 Å². The van der Waals surface area contributed by atoms with Crippen LogP contribution in [0.4, 0.5) is 0 Å². The molecule has 0 aliphatic carbocycles. The zero-order valence-corrected chi connectivity index (χ0v) is 11.4. The Balaban J connectivity index is 2.57. The molecule has 2 aromatic rings. The molecule has 6 nitrogen and oxygen atoms in total. The van der Waals surface area contributed by atoms with Crippen molar-refractivity contribution in [3.8, 4) is 11.5 Å². The van der Waals surface area contributed by atoms with Gasteiger partial charge in [-0.25, -0.2) is 14.6 Å². The molecular formula is C11H5BrClNO5. The molecule has 0 amide bonds. The molecule has 0 radical (unpaired) electrons. The van der Waals surface area contributed by atoms with E-state index in [2.05, 4.69) is 20.9 Å². The summed E-state index contributed by atoms with van der Waals surface area (Å²) < 4.78 is 5.52. The molecule has 0 atom stereocenters. The smallest absolute Gasteiger partial charge is 0.374 e. The standard InChI is InChI=1S/C11H5BrClNO5/c12-5-3-4(1-2-6(5)13)9-14-7(10(15)16)8(19-9)11(17)18/h1-3H,(H,15,16)(H,17,18). The Labute approximate surface area is 119 Å². The van der Waals surface area contributed by atoms with Crippen molar-refractivity contribution in [1.82, 2.24) is 4.98 Å². The van der Waals surface area contributed by atoms with Gasteiger partial charge in [-0.3, -0.25) is 0 Å². The maximum atomic E-state index is 10.9. The first-order valence-corrected chi connectivity index (χ1v) is 6.00. The lowest BCUT2D eigenvalue weighted by molar-refractivity contribution is 0.0624. The summed E-state index contributed by atoms with van der Waals surface area (Å²) >= 11 is 9.01. The predicted octanol–water partition coefficient (Wildman–Crippen LogP) is 3.15. The van der Waals surface area contributed by atoms with Gasteiger partial charge < -0.3 is 14.6 Å². The van der Waals surface area contributed by atoms with Crippen LogP contribution in [0.3, 0.4) is 0 Å². The number of oxazole rings is 1. The lowest BCUT2D eigenvalue weighted by Gasteiger charge is -1.98. The quantitative estimate of drug-likeness (QED) is 0.885. The number of benzene rings is 1. The summed E-state index contributed by atoms with van der Waals surface area (Å²) in [5.41, 5.74) is -0.236. The molecule has 2 N–H and O–H groups in total. The Morgan fingerprint density at radius 2 is 1.95 bits per heavy atom. The fourth-order valence-corrected chi connectivity index (χ4v) is 1.86. The van der Waals surface area contributed by atoms with Crippen molar-refractivity contribution in [2.45, 2.75) is 0 Å². The van der Waals surface area contributed by atoms with Gasteiger partial charge in [0.05, 0.1) is 5.02 Å². The van der Waals surface area contributed by atoms with E-state index >= 15 is 0 Å². The molecule has 19 heavy (non-hydrogen) atoms. The van der Waals surface area contributed by atoms with Crippen LogP contribution in [0.25, 0.3) is 11.5 Å². The van der Waals surface area contributed by atoms with Crippen LogP contribution in [0, 0.1) is 0 Å². The molecule has 1 aromatic carbocycles. The van der Waals surface area contributed by atoms with Gasteiger partial charge in [-0.1, -0.05) is 11.6 Å². The van der Waals surface area contributed by atoms with Gasteiger partial charge in [0.25, 0.3) is 0 Å². The minimum atomic E-state index is -1.50. The van der Waals surface area contributed by atoms with E-state index in [1.54, 1.807) is 12.1 Å². The molecule has 0 saturated carbocycles. The summed E-state index contributed by atoms with van der Waals surface area (Å²) in [7, 11) is 0. The molecule has 1 heterocycles. The monoisotopic (exact) mass is 345 g/mol. The summed E-state index contributed by atoms with van der Waals surface area (Å²) in [6, 6.07) is 4.63. The molecule has 0 fully saturated rings. The number of nitrogens with zero attached hydrogens (tertiary/aromatic N) is 1. The first-order valence-electron chi connectivity index (χ1n) is 4.83. The Kier molecular flexibility index (Phi) is 3.59. The topological polar surface area (TPSA) is 101 Å². The van der Waals surface area contributed by atoms with Crippen molar-refractivity contribution in [1.29, 1.82) is 0 Å². The Hall–Kier alpha value is -1.86. The average Bonchev–Trinajstić information content (AvgIpc) is 2.78. The van der Waals surface area contributed by atoms with E-state index in [9.17, 15) is 9.59 Å². The molecule has 2 rings (SSSR count). The lowest BCUT2D eigenvalue weighted by atomic mass is 10.2. The molecule has 98 valence electrons. The first kappa shape index (κ1) is 13.6. The minimum absolute atomic E-state index is 0.104. The second kappa shape index (κ2) is 5.02. The zero-order chi connectivity index (χ0) is 14.2. The van der Waals surface area contributed by atoms with E-state index in [0.29, 0.717) is 15.1 Å². The van der Waals surface area contributed by atoms with Gasteiger partial charge in [0.2, 0.25) is 17.3 Å². The fraction of sp³-hybridized carbons (Fsp3) is 0. The third-order valence-electron chi connectivity index (χ3n) is 2.19. The number of carboxylic acids is 2. The Morgan fingerprint density at radius 1 is 1.26 bits per heavy atom. The lowest BCUT2D eigenvalue weighted by Crippen LogP contribution is -2.05. The van der Waals surface area contributed by atoms with Gasteiger partial charge in [0, 0.05) is 10.0 Å². The van der Waals surface area contributed by atoms with E-state index in [4.69, 9.17) is 26.2 Å². The van der Waals surface area contributed by atoms with Gasteiger partial charge >= 0.3 is 11.9 Å². The highest BCUT2D eigenvalue weighted by molar-refractivity contribution is 9.10. The summed E-state index contributed by atoms with van der Waals surface area (Å²) in [5, 5.41) is 18.2.